The van der Waals surface area contributed by atoms with Gasteiger partial charge in [0.1, 0.15) is 11.5 Å². The Hall–Kier alpha value is -3.80. The highest BCUT2D eigenvalue weighted by molar-refractivity contribution is 6.41. The van der Waals surface area contributed by atoms with Crippen LogP contribution in [0.5, 0.6) is 0 Å². The number of carbonyl (C=O) groups excluding carboxylic acids is 2. The Labute approximate surface area is 160 Å². The zero-order chi connectivity index (χ0) is 20.0. The van der Waals surface area contributed by atoms with Crippen molar-refractivity contribution in [2.45, 2.75) is 13.8 Å². The van der Waals surface area contributed by atoms with Crippen molar-refractivity contribution in [2.24, 2.45) is 0 Å². The van der Waals surface area contributed by atoms with E-state index in [0.29, 0.717) is 28.2 Å². The molecule has 0 aliphatic heterocycles. The third-order valence-electron chi connectivity index (χ3n) is 5.04. The van der Waals surface area contributed by atoms with Crippen LogP contribution in [0, 0.1) is 24.0 Å². The van der Waals surface area contributed by atoms with Gasteiger partial charge in [0.05, 0.1) is 10.5 Å². The third-order valence-corrected chi connectivity index (χ3v) is 5.04. The predicted octanol–water partition coefficient (Wildman–Crippen LogP) is 4.93. The quantitative estimate of drug-likeness (QED) is 0.281. The third kappa shape index (κ3) is 2.66. The SMILES string of the molecule is Cc1c(-c2ccc(C=C3C(=O)c4ccccc4C3=O)o2)ccc([N+](=O)[O-])c1C. The molecule has 28 heavy (non-hydrogen) atoms. The molecule has 0 unspecified atom stereocenters. The average molecular weight is 373 g/mol. The summed E-state index contributed by atoms with van der Waals surface area (Å²) in [6.07, 6.45) is 1.45. The molecule has 0 N–H and O–H groups in total. The van der Waals surface area contributed by atoms with Crippen LogP contribution in [0.15, 0.2) is 58.5 Å². The van der Waals surface area contributed by atoms with E-state index >= 15 is 0 Å². The summed E-state index contributed by atoms with van der Waals surface area (Å²) in [5.41, 5.74) is 2.94. The Morgan fingerprint density at radius 2 is 1.50 bits per heavy atom. The standard InChI is InChI=1S/C22H15NO5/c1-12-13(2)19(23(26)27)9-8-15(12)20-10-7-14(28-20)11-18-21(24)16-5-3-4-6-17(16)22(18)25/h3-11H,1-2H3. The minimum absolute atomic E-state index is 0.0510. The molecule has 0 saturated heterocycles. The van der Waals surface area contributed by atoms with Gasteiger partial charge in [0.25, 0.3) is 5.69 Å². The van der Waals surface area contributed by atoms with E-state index in [1.54, 1.807) is 56.3 Å². The molecule has 0 fully saturated rings. The van der Waals surface area contributed by atoms with Crippen LogP contribution in [-0.2, 0) is 0 Å². The number of hydrogen-bond donors (Lipinski definition) is 0. The molecule has 2 aromatic carbocycles. The number of benzene rings is 2. The highest BCUT2D eigenvalue weighted by Crippen LogP contribution is 2.33. The maximum atomic E-state index is 12.5. The Morgan fingerprint density at radius 1 is 0.857 bits per heavy atom. The fraction of sp³-hybridized carbons (Fsp3) is 0.0909. The van der Waals surface area contributed by atoms with Gasteiger partial charge in [-0.1, -0.05) is 24.3 Å². The van der Waals surface area contributed by atoms with Crippen LogP contribution in [0.25, 0.3) is 17.4 Å². The zero-order valence-corrected chi connectivity index (χ0v) is 15.2. The molecular weight excluding hydrogens is 358 g/mol. The zero-order valence-electron chi connectivity index (χ0n) is 15.2. The summed E-state index contributed by atoms with van der Waals surface area (Å²) >= 11 is 0. The Bertz CT molecular complexity index is 1160. The fourth-order valence-corrected chi connectivity index (χ4v) is 3.39. The molecule has 0 bridgehead atoms. The van der Waals surface area contributed by atoms with Gasteiger partial charge in [-0.25, -0.2) is 0 Å². The Morgan fingerprint density at radius 3 is 2.11 bits per heavy atom. The van der Waals surface area contributed by atoms with Crippen molar-refractivity contribution in [2.75, 3.05) is 0 Å². The first kappa shape index (κ1) is 17.6. The van der Waals surface area contributed by atoms with Crippen LogP contribution in [0.4, 0.5) is 5.69 Å². The molecule has 1 aliphatic carbocycles. The second kappa shape index (κ2) is 6.42. The van der Waals surface area contributed by atoms with E-state index < -0.39 is 4.92 Å². The van der Waals surface area contributed by atoms with E-state index in [-0.39, 0.29) is 22.8 Å². The summed E-state index contributed by atoms with van der Waals surface area (Å²) in [6.45, 7) is 3.48. The predicted molar refractivity (Wildman–Crippen MR) is 103 cm³/mol. The van der Waals surface area contributed by atoms with Gasteiger partial charge in [-0.2, -0.15) is 0 Å². The largest absolute Gasteiger partial charge is 0.457 e. The maximum absolute atomic E-state index is 12.5. The normalized spacial score (nSPS) is 13.0. The number of fused-ring (bicyclic) bond motifs is 1. The molecule has 4 rings (SSSR count). The van der Waals surface area contributed by atoms with E-state index in [0.717, 1.165) is 11.1 Å². The van der Waals surface area contributed by atoms with Gasteiger partial charge in [-0.15, -0.1) is 0 Å². The maximum Gasteiger partial charge on any atom is 0.272 e. The molecule has 0 saturated carbocycles. The highest BCUT2D eigenvalue weighted by Gasteiger charge is 2.32. The minimum Gasteiger partial charge on any atom is -0.457 e. The number of Topliss-reactive ketones (excluding diaryl/α,β-unsaturated/α-hetero) is 2. The number of rotatable bonds is 3. The first-order chi connectivity index (χ1) is 13.4. The van der Waals surface area contributed by atoms with Crippen molar-refractivity contribution >= 4 is 23.3 Å². The van der Waals surface area contributed by atoms with Crippen molar-refractivity contribution < 1.29 is 18.9 Å². The monoisotopic (exact) mass is 373 g/mol. The number of allylic oxidation sites excluding steroid dienone is 1. The van der Waals surface area contributed by atoms with Gasteiger partial charge in [0, 0.05) is 28.3 Å². The van der Waals surface area contributed by atoms with Crippen molar-refractivity contribution in [3.8, 4) is 11.3 Å². The molecular formula is C22H15NO5. The molecule has 0 amide bonds. The van der Waals surface area contributed by atoms with Crippen molar-refractivity contribution in [1.29, 1.82) is 0 Å². The van der Waals surface area contributed by atoms with Crippen LogP contribution < -0.4 is 0 Å². The number of ketones is 2. The summed E-state index contributed by atoms with van der Waals surface area (Å²) in [7, 11) is 0. The van der Waals surface area contributed by atoms with Crippen molar-refractivity contribution in [3.63, 3.8) is 0 Å². The lowest BCUT2D eigenvalue weighted by Gasteiger charge is -2.06. The van der Waals surface area contributed by atoms with Crippen LogP contribution in [-0.4, -0.2) is 16.5 Å². The number of furan rings is 1. The lowest BCUT2D eigenvalue weighted by Crippen LogP contribution is -1.99. The van der Waals surface area contributed by atoms with Crippen LogP contribution >= 0.6 is 0 Å². The highest BCUT2D eigenvalue weighted by atomic mass is 16.6. The molecule has 1 aromatic heterocycles. The topological polar surface area (TPSA) is 90.4 Å². The van der Waals surface area contributed by atoms with Gasteiger partial charge in [0.2, 0.25) is 0 Å². The Balaban J connectivity index is 1.71. The van der Waals surface area contributed by atoms with Crippen LogP contribution in [0.3, 0.4) is 0 Å². The van der Waals surface area contributed by atoms with Gasteiger partial charge in [0.15, 0.2) is 11.6 Å². The molecule has 138 valence electrons. The lowest BCUT2D eigenvalue weighted by molar-refractivity contribution is -0.385. The first-order valence-electron chi connectivity index (χ1n) is 8.63. The van der Waals surface area contributed by atoms with E-state index in [9.17, 15) is 19.7 Å². The first-order valence-corrected chi connectivity index (χ1v) is 8.63. The molecule has 6 heteroatoms. The lowest BCUT2D eigenvalue weighted by atomic mass is 10.00. The molecule has 0 atom stereocenters. The number of nitro benzene ring substituents is 1. The van der Waals surface area contributed by atoms with E-state index in [1.807, 2.05) is 0 Å². The van der Waals surface area contributed by atoms with Gasteiger partial charge < -0.3 is 4.42 Å². The van der Waals surface area contributed by atoms with Gasteiger partial charge in [-0.3, -0.25) is 19.7 Å². The smallest absolute Gasteiger partial charge is 0.272 e. The van der Waals surface area contributed by atoms with Crippen LogP contribution in [0.1, 0.15) is 37.6 Å². The van der Waals surface area contributed by atoms with E-state index in [4.69, 9.17) is 4.42 Å². The van der Waals surface area contributed by atoms with E-state index in [2.05, 4.69) is 0 Å². The summed E-state index contributed by atoms with van der Waals surface area (Å²) in [6, 6.07) is 13.2. The second-order valence-electron chi connectivity index (χ2n) is 6.60. The summed E-state index contributed by atoms with van der Waals surface area (Å²) in [5, 5.41) is 11.1. The van der Waals surface area contributed by atoms with Gasteiger partial charge in [-0.05, 0) is 43.7 Å². The van der Waals surface area contributed by atoms with Gasteiger partial charge >= 0.3 is 0 Å². The number of carbonyl (C=O) groups is 2. The molecule has 3 aromatic rings. The number of hydrogen-bond acceptors (Lipinski definition) is 5. The molecule has 1 aliphatic rings. The van der Waals surface area contributed by atoms with Crippen molar-refractivity contribution in [3.05, 3.63) is 92.2 Å². The summed E-state index contributed by atoms with van der Waals surface area (Å²) < 4.78 is 5.81. The number of nitrogens with zero attached hydrogens (tertiary/aromatic N) is 1. The molecule has 6 nitrogen and oxygen atoms in total. The second-order valence-corrected chi connectivity index (χ2v) is 6.60. The summed E-state index contributed by atoms with van der Waals surface area (Å²) in [5.74, 6) is 0.245. The minimum atomic E-state index is -0.418. The van der Waals surface area contributed by atoms with Crippen molar-refractivity contribution in [1.82, 2.24) is 0 Å². The Kier molecular flexibility index (Phi) is 4.04. The summed E-state index contributed by atoms with van der Waals surface area (Å²) in [4.78, 5) is 35.7. The fourth-order valence-electron chi connectivity index (χ4n) is 3.39. The molecule has 0 radical (unpaired) electrons. The average Bonchev–Trinajstić information content (AvgIpc) is 3.23. The van der Waals surface area contributed by atoms with Crippen LogP contribution in [0.2, 0.25) is 0 Å². The number of nitro groups is 1. The molecule has 0 spiro atoms. The molecule has 1 heterocycles. The van der Waals surface area contributed by atoms with E-state index in [1.165, 1.54) is 12.1 Å².